The zero-order valence-electron chi connectivity index (χ0n) is 9.04. The summed E-state index contributed by atoms with van der Waals surface area (Å²) < 4.78 is 4.19. The maximum atomic E-state index is 4.35. The Morgan fingerprint density at radius 1 is 1.12 bits per heavy atom. The van der Waals surface area contributed by atoms with Crippen molar-refractivity contribution in [2.75, 3.05) is 0 Å². The first kappa shape index (κ1) is 9.09. The predicted molar refractivity (Wildman–Crippen MR) is 61.5 cm³/mol. The van der Waals surface area contributed by atoms with E-state index in [9.17, 15) is 0 Å². The van der Waals surface area contributed by atoms with Crippen LogP contribution in [-0.4, -0.2) is 9.55 Å². The second-order valence-corrected chi connectivity index (χ2v) is 3.75. The van der Waals surface area contributed by atoms with Gasteiger partial charge >= 0.3 is 0 Å². The van der Waals surface area contributed by atoms with Gasteiger partial charge in [-0.25, -0.2) is 9.38 Å². The van der Waals surface area contributed by atoms with Gasteiger partial charge < -0.3 is 0 Å². The second kappa shape index (κ2) is 3.45. The topological polar surface area (TPSA) is 21.9 Å². The third-order valence-corrected chi connectivity index (χ3v) is 2.76. The van der Waals surface area contributed by atoms with Gasteiger partial charge in [0.1, 0.15) is 0 Å². The van der Waals surface area contributed by atoms with Crippen LogP contribution in [0.3, 0.4) is 0 Å². The fraction of sp³-hybridized carbons (Fsp3) is 0.0769. The summed E-state index contributed by atoms with van der Waals surface area (Å²) in [6, 6.07) is 12.1. The minimum atomic E-state index is 0.948. The highest BCUT2D eigenvalue weighted by molar-refractivity contribution is 5.46. The Balaban J connectivity index is 2.29. The van der Waals surface area contributed by atoms with Crippen LogP contribution < -0.4 is 4.40 Å². The van der Waals surface area contributed by atoms with E-state index < -0.39 is 0 Å². The molecule has 0 aliphatic carbocycles. The van der Waals surface area contributed by atoms with Crippen molar-refractivity contribution < 1.29 is 4.40 Å². The Hall–Kier alpha value is -2.16. The van der Waals surface area contributed by atoms with Crippen LogP contribution in [0.2, 0.25) is 0 Å². The summed E-state index contributed by atoms with van der Waals surface area (Å²) >= 11 is 0. The molecule has 3 aromatic rings. The van der Waals surface area contributed by atoms with Gasteiger partial charge in [-0.1, -0.05) is 12.1 Å². The Kier molecular flexibility index (Phi) is 1.96. The standard InChI is InChI=1S/C13H12N3/c1-11-12-6-3-5-9-15(12)10-16(11)13-7-2-4-8-14-13/h2-10H,1H3/q+1. The average molecular weight is 210 g/mol. The van der Waals surface area contributed by atoms with Gasteiger partial charge in [-0.15, -0.1) is 0 Å². The smallest absolute Gasteiger partial charge is 0.218 e. The minimum absolute atomic E-state index is 0.948. The van der Waals surface area contributed by atoms with Crippen molar-refractivity contribution in [3.05, 3.63) is 60.8 Å². The summed E-state index contributed by atoms with van der Waals surface area (Å²) in [4.78, 5) is 4.35. The van der Waals surface area contributed by atoms with E-state index in [0.29, 0.717) is 0 Å². The van der Waals surface area contributed by atoms with Crippen LogP contribution in [0, 0.1) is 6.92 Å². The summed E-state index contributed by atoms with van der Waals surface area (Å²) in [7, 11) is 0. The van der Waals surface area contributed by atoms with Crippen molar-refractivity contribution >= 4 is 5.52 Å². The van der Waals surface area contributed by atoms with E-state index in [-0.39, 0.29) is 0 Å². The first-order valence-corrected chi connectivity index (χ1v) is 5.25. The van der Waals surface area contributed by atoms with Crippen LogP contribution in [0.15, 0.2) is 55.1 Å². The number of hydrogen-bond acceptors (Lipinski definition) is 1. The highest BCUT2D eigenvalue weighted by Crippen LogP contribution is 2.11. The Bertz CT molecular complexity index is 626. The van der Waals surface area contributed by atoms with Crippen molar-refractivity contribution in [1.29, 1.82) is 0 Å². The number of aromatic nitrogens is 3. The number of nitrogens with zero attached hydrogens (tertiary/aromatic N) is 3. The quantitative estimate of drug-likeness (QED) is 0.562. The molecule has 0 fully saturated rings. The third-order valence-electron chi connectivity index (χ3n) is 2.76. The van der Waals surface area contributed by atoms with E-state index >= 15 is 0 Å². The van der Waals surface area contributed by atoms with E-state index in [1.165, 1.54) is 11.2 Å². The lowest BCUT2D eigenvalue weighted by molar-refractivity contribution is -0.512. The predicted octanol–water partition coefficient (Wildman–Crippen LogP) is 1.92. The van der Waals surface area contributed by atoms with E-state index in [1.807, 2.05) is 49.1 Å². The molecule has 0 saturated carbocycles. The largest absolute Gasteiger partial charge is 0.255 e. The van der Waals surface area contributed by atoms with E-state index in [0.717, 1.165) is 5.82 Å². The van der Waals surface area contributed by atoms with E-state index in [2.05, 4.69) is 26.9 Å². The van der Waals surface area contributed by atoms with E-state index in [1.54, 1.807) is 0 Å². The molecular formula is C13H12N3+. The molecule has 16 heavy (non-hydrogen) atoms. The van der Waals surface area contributed by atoms with Crippen LogP contribution >= 0.6 is 0 Å². The fourth-order valence-electron chi connectivity index (χ4n) is 1.93. The number of pyridine rings is 2. The molecule has 3 heterocycles. The highest BCUT2D eigenvalue weighted by Gasteiger charge is 2.14. The maximum absolute atomic E-state index is 4.35. The van der Waals surface area contributed by atoms with Crippen molar-refractivity contribution in [2.24, 2.45) is 0 Å². The fourth-order valence-corrected chi connectivity index (χ4v) is 1.93. The Morgan fingerprint density at radius 2 is 2.00 bits per heavy atom. The Morgan fingerprint density at radius 3 is 2.75 bits per heavy atom. The summed E-state index contributed by atoms with van der Waals surface area (Å²) in [5.41, 5.74) is 2.40. The van der Waals surface area contributed by atoms with Crippen LogP contribution in [0.1, 0.15) is 5.69 Å². The molecule has 0 amide bonds. The first-order valence-electron chi connectivity index (χ1n) is 5.25. The number of fused-ring (bicyclic) bond motifs is 1. The van der Waals surface area contributed by atoms with Crippen molar-refractivity contribution in [3.63, 3.8) is 0 Å². The molecule has 0 bridgehead atoms. The van der Waals surface area contributed by atoms with Crippen LogP contribution in [-0.2, 0) is 0 Å². The molecule has 3 nitrogen and oxygen atoms in total. The van der Waals surface area contributed by atoms with Gasteiger partial charge in [-0.3, -0.25) is 0 Å². The number of imidazole rings is 1. The van der Waals surface area contributed by atoms with Crippen LogP contribution in [0.25, 0.3) is 11.3 Å². The summed E-state index contributed by atoms with van der Waals surface area (Å²) in [5, 5.41) is 0. The van der Waals surface area contributed by atoms with Gasteiger partial charge in [-0.05, 0) is 18.2 Å². The average Bonchev–Trinajstić information content (AvgIpc) is 2.69. The molecule has 0 aliphatic rings. The van der Waals surface area contributed by atoms with Crippen molar-refractivity contribution in [2.45, 2.75) is 6.92 Å². The number of hydrogen-bond donors (Lipinski definition) is 0. The summed E-state index contributed by atoms with van der Waals surface area (Å²) in [6.07, 6.45) is 5.90. The van der Waals surface area contributed by atoms with Gasteiger partial charge in [0.15, 0.2) is 11.2 Å². The molecule has 0 saturated heterocycles. The molecule has 0 unspecified atom stereocenters. The number of aryl methyl sites for hydroxylation is 1. The molecule has 0 aromatic carbocycles. The third kappa shape index (κ3) is 1.29. The molecule has 0 N–H and O–H groups in total. The molecule has 0 atom stereocenters. The zero-order valence-corrected chi connectivity index (χ0v) is 9.04. The zero-order chi connectivity index (χ0) is 11.0. The maximum Gasteiger partial charge on any atom is 0.255 e. The summed E-state index contributed by atoms with van der Waals surface area (Å²) in [5.74, 6) is 0.948. The lowest BCUT2D eigenvalue weighted by atomic mass is 10.3. The molecule has 0 aliphatic heterocycles. The molecule has 78 valence electrons. The van der Waals surface area contributed by atoms with Crippen LogP contribution in [0.4, 0.5) is 0 Å². The number of rotatable bonds is 1. The second-order valence-electron chi connectivity index (χ2n) is 3.75. The minimum Gasteiger partial charge on any atom is -0.218 e. The highest BCUT2D eigenvalue weighted by atomic mass is 15.1. The Labute approximate surface area is 93.6 Å². The molecule has 0 spiro atoms. The first-order chi connectivity index (χ1) is 7.86. The monoisotopic (exact) mass is 210 g/mol. The van der Waals surface area contributed by atoms with Gasteiger partial charge in [0.05, 0.1) is 6.20 Å². The van der Waals surface area contributed by atoms with Gasteiger partial charge in [0.2, 0.25) is 5.82 Å². The molecular weight excluding hydrogens is 198 g/mol. The normalized spacial score (nSPS) is 10.8. The van der Waals surface area contributed by atoms with E-state index in [4.69, 9.17) is 0 Å². The van der Waals surface area contributed by atoms with Crippen LogP contribution in [0.5, 0.6) is 0 Å². The van der Waals surface area contributed by atoms with Gasteiger partial charge in [-0.2, -0.15) is 4.57 Å². The van der Waals surface area contributed by atoms with Crippen molar-refractivity contribution in [3.8, 4) is 5.82 Å². The van der Waals surface area contributed by atoms with Gasteiger partial charge in [0.25, 0.3) is 6.33 Å². The SMILES string of the molecule is Cc1c2cccc[n+]2cn1-c1ccccn1. The van der Waals surface area contributed by atoms with Gasteiger partial charge in [0, 0.05) is 19.2 Å². The molecule has 3 heteroatoms. The summed E-state index contributed by atoms with van der Waals surface area (Å²) in [6.45, 7) is 2.10. The molecule has 3 aromatic heterocycles. The molecule has 3 rings (SSSR count). The van der Waals surface area contributed by atoms with Crippen molar-refractivity contribution in [1.82, 2.24) is 9.55 Å². The molecule has 0 radical (unpaired) electrons. The lowest BCUT2D eigenvalue weighted by Gasteiger charge is -1.94. The lowest BCUT2D eigenvalue weighted by Crippen LogP contribution is -2.16.